The number of benzene rings is 1. The van der Waals surface area contributed by atoms with Crippen LogP contribution in [0.3, 0.4) is 0 Å². The summed E-state index contributed by atoms with van der Waals surface area (Å²) in [6.45, 7) is 1.67. The lowest BCUT2D eigenvalue weighted by atomic mass is 10.2. The molecule has 0 saturated carbocycles. The average molecular weight is 317 g/mol. The number of hydrogen-bond acceptors (Lipinski definition) is 3. The van der Waals surface area contributed by atoms with Gasteiger partial charge in [0, 0.05) is 11.2 Å². The van der Waals surface area contributed by atoms with Crippen molar-refractivity contribution in [2.45, 2.75) is 11.8 Å². The second-order valence-electron chi connectivity index (χ2n) is 3.87. The molecule has 0 amide bonds. The van der Waals surface area contributed by atoms with E-state index in [1.54, 1.807) is 13.0 Å². The number of aromatic nitrogens is 1. The minimum atomic E-state index is -3.72. The molecule has 7 heteroatoms. The Bertz CT molecular complexity index is 717. The molecule has 0 aliphatic rings. The van der Waals surface area contributed by atoms with E-state index in [1.165, 1.54) is 30.6 Å². The maximum absolute atomic E-state index is 12.2. The van der Waals surface area contributed by atoms with Gasteiger partial charge in [-0.3, -0.25) is 9.71 Å². The van der Waals surface area contributed by atoms with Crippen LogP contribution in [0, 0.1) is 6.92 Å². The fourth-order valence-electron chi connectivity index (χ4n) is 1.57. The van der Waals surface area contributed by atoms with E-state index in [9.17, 15) is 8.42 Å². The lowest BCUT2D eigenvalue weighted by Crippen LogP contribution is -2.14. The summed E-state index contributed by atoms with van der Waals surface area (Å²) in [7, 11) is -3.72. The molecule has 0 radical (unpaired) electrons. The molecule has 1 heterocycles. The number of rotatable bonds is 3. The number of hydrogen-bond donors (Lipinski definition) is 1. The number of anilines is 1. The summed E-state index contributed by atoms with van der Waals surface area (Å²) in [4.78, 5) is 3.98. The molecule has 19 heavy (non-hydrogen) atoms. The molecule has 0 aliphatic heterocycles. The third-order valence-corrected chi connectivity index (χ3v) is 4.53. The first-order chi connectivity index (χ1) is 8.90. The summed E-state index contributed by atoms with van der Waals surface area (Å²) < 4.78 is 26.9. The van der Waals surface area contributed by atoms with Gasteiger partial charge in [0.05, 0.1) is 21.8 Å². The third kappa shape index (κ3) is 3.18. The van der Waals surface area contributed by atoms with Crippen LogP contribution < -0.4 is 4.72 Å². The monoisotopic (exact) mass is 316 g/mol. The second-order valence-corrected chi connectivity index (χ2v) is 6.37. The maximum Gasteiger partial charge on any atom is 0.262 e. The van der Waals surface area contributed by atoms with Gasteiger partial charge in [-0.1, -0.05) is 23.2 Å². The summed E-state index contributed by atoms with van der Waals surface area (Å²) in [5.41, 5.74) is 0.790. The Kier molecular flexibility index (Phi) is 3.99. The fraction of sp³-hybridized carbons (Fsp3) is 0.0833. The molecule has 2 aromatic rings. The van der Waals surface area contributed by atoms with E-state index >= 15 is 0 Å². The lowest BCUT2D eigenvalue weighted by molar-refractivity contribution is 0.600. The minimum absolute atomic E-state index is 0.150. The van der Waals surface area contributed by atoms with Gasteiger partial charge in [0.1, 0.15) is 0 Å². The van der Waals surface area contributed by atoms with Crippen LogP contribution in [-0.2, 0) is 10.0 Å². The smallest absolute Gasteiger partial charge is 0.262 e. The highest BCUT2D eigenvalue weighted by Crippen LogP contribution is 2.25. The van der Waals surface area contributed by atoms with Crippen molar-refractivity contribution in [1.82, 2.24) is 4.98 Å². The van der Waals surface area contributed by atoms with Crippen molar-refractivity contribution in [2.75, 3.05) is 4.72 Å². The van der Waals surface area contributed by atoms with Gasteiger partial charge in [-0.05, 0) is 36.8 Å². The Morgan fingerprint density at radius 2 is 1.95 bits per heavy atom. The SMILES string of the molecule is Cc1cc(Cl)ccc1S(=O)(=O)Nc1cnccc1Cl. The summed E-state index contributed by atoms with van der Waals surface area (Å²) in [5.74, 6) is 0. The molecule has 100 valence electrons. The van der Waals surface area contributed by atoms with Gasteiger partial charge in [0.2, 0.25) is 0 Å². The van der Waals surface area contributed by atoms with E-state index in [2.05, 4.69) is 9.71 Å². The van der Waals surface area contributed by atoms with Crippen molar-refractivity contribution in [1.29, 1.82) is 0 Å². The van der Waals surface area contributed by atoms with Gasteiger partial charge < -0.3 is 0 Å². The number of nitrogens with one attached hydrogen (secondary N) is 1. The highest BCUT2D eigenvalue weighted by molar-refractivity contribution is 7.92. The summed E-state index contributed by atoms with van der Waals surface area (Å²) in [5, 5.41) is 0.765. The van der Waals surface area contributed by atoms with E-state index < -0.39 is 10.0 Å². The van der Waals surface area contributed by atoms with Gasteiger partial charge >= 0.3 is 0 Å². The number of pyridine rings is 1. The predicted octanol–water partition coefficient (Wildman–Crippen LogP) is 3.50. The molecule has 0 spiro atoms. The zero-order chi connectivity index (χ0) is 14.0. The molecule has 1 aromatic heterocycles. The van der Waals surface area contributed by atoms with Crippen LogP contribution in [0.5, 0.6) is 0 Å². The van der Waals surface area contributed by atoms with Gasteiger partial charge in [-0.2, -0.15) is 0 Å². The van der Waals surface area contributed by atoms with Crippen LogP contribution in [0.4, 0.5) is 5.69 Å². The van der Waals surface area contributed by atoms with Crippen LogP contribution in [0.2, 0.25) is 10.0 Å². The van der Waals surface area contributed by atoms with Crippen LogP contribution in [0.1, 0.15) is 5.56 Å². The Balaban J connectivity index is 2.41. The van der Waals surface area contributed by atoms with Crippen molar-refractivity contribution in [2.24, 2.45) is 0 Å². The Labute approximate surface area is 121 Å². The molecule has 1 aromatic carbocycles. The zero-order valence-electron chi connectivity index (χ0n) is 9.89. The number of aryl methyl sites for hydroxylation is 1. The summed E-state index contributed by atoms with van der Waals surface area (Å²) in [6, 6.07) is 6.06. The summed E-state index contributed by atoms with van der Waals surface area (Å²) in [6.07, 6.45) is 2.83. The largest absolute Gasteiger partial charge is 0.277 e. The van der Waals surface area contributed by atoms with Gasteiger partial charge in [-0.15, -0.1) is 0 Å². The van der Waals surface area contributed by atoms with Gasteiger partial charge in [0.25, 0.3) is 10.0 Å². The van der Waals surface area contributed by atoms with Crippen molar-refractivity contribution in [3.63, 3.8) is 0 Å². The fourth-order valence-corrected chi connectivity index (χ4v) is 3.29. The van der Waals surface area contributed by atoms with E-state index in [1.807, 2.05) is 0 Å². The van der Waals surface area contributed by atoms with E-state index in [0.717, 1.165) is 0 Å². The van der Waals surface area contributed by atoms with Crippen molar-refractivity contribution in [3.8, 4) is 0 Å². The molecular formula is C12H10Cl2N2O2S. The summed E-state index contributed by atoms with van der Waals surface area (Å²) >= 11 is 11.7. The average Bonchev–Trinajstić information content (AvgIpc) is 2.31. The molecule has 0 bridgehead atoms. The van der Waals surface area contributed by atoms with Crippen LogP contribution in [0.25, 0.3) is 0 Å². The van der Waals surface area contributed by atoms with Crippen LogP contribution in [0.15, 0.2) is 41.6 Å². The maximum atomic E-state index is 12.2. The third-order valence-electron chi connectivity index (χ3n) is 2.44. The molecule has 2 rings (SSSR count). The predicted molar refractivity (Wildman–Crippen MR) is 76.2 cm³/mol. The van der Waals surface area contributed by atoms with Crippen molar-refractivity contribution in [3.05, 3.63) is 52.3 Å². The first-order valence-corrected chi connectivity index (χ1v) is 7.52. The zero-order valence-corrected chi connectivity index (χ0v) is 12.2. The highest BCUT2D eigenvalue weighted by Gasteiger charge is 2.18. The molecule has 0 aliphatic carbocycles. The molecule has 0 unspecified atom stereocenters. The Hall–Kier alpha value is -1.30. The van der Waals surface area contributed by atoms with Crippen LogP contribution in [-0.4, -0.2) is 13.4 Å². The second kappa shape index (κ2) is 5.36. The van der Waals surface area contributed by atoms with E-state index in [4.69, 9.17) is 23.2 Å². The normalized spacial score (nSPS) is 11.3. The molecule has 1 N–H and O–H groups in total. The van der Waals surface area contributed by atoms with E-state index in [-0.39, 0.29) is 15.6 Å². The molecule has 0 atom stereocenters. The van der Waals surface area contributed by atoms with Crippen molar-refractivity contribution < 1.29 is 8.42 Å². The Morgan fingerprint density at radius 3 is 2.58 bits per heavy atom. The standard InChI is InChI=1S/C12H10Cl2N2O2S/c1-8-6-9(13)2-3-12(8)19(17,18)16-11-7-15-5-4-10(11)14/h2-7,16H,1H3. The highest BCUT2D eigenvalue weighted by atomic mass is 35.5. The number of nitrogens with zero attached hydrogens (tertiary/aromatic N) is 1. The van der Waals surface area contributed by atoms with Crippen LogP contribution >= 0.6 is 23.2 Å². The number of halogens is 2. The molecule has 0 fully saturated rings. The number of sulfonamides is 1. The first-order valence-electron chi connectivity index (χ1n) is 5.28. The van der Waals surface area contributed by atoms with E-state index in [0.29, 0.717) is 10.6 Å². The molecular weight excluding hydrogens is 307 g/mol. The minimum Gasteiger partial charge on any atom is -0.277 e. The first kappa shape index (κ1) is 14.1. The Morgan fingerprint density at radius 1 is 1.21 bits per heavy atom. The lowest BCUT2D eigenvalue weighted by Gasteiger charge is -2.11. The van der Waals surface area contributed by atoms with Gasteiger partial charge in [-0.25, -0.2) is 8.42 Å². The van der Waals surface area contributed by atoms with Gasteiger partial charge in [0.15, 0.2) is 0 Å². The quantitative estimate of drug-likeness (QED) is 0.942. The molecule has 0 saturated heterocycles. The van der Waals surface area contributed by atoms with Crippen molar-refractivity contribution >= 4 is 38.9 Å². The molecule has 4 nitrogen and oxygen atoms in total. The topological polar surface area (TPSA) is 59.1 Å².